The van der Waals surface area contributed by atoms with Gasteiger partial charge in [0, 0.05) is 37.8 Å². The number of ether oxygens (including phenoxy) is 2. The maximum atomic E-state index is 5.86. The van der Waals surface area contributed by atoms with E-state index in [1.165, 1.54) is 4.88 Å². The van der Waals surface area contributed by atoms with Crippen LogP contribution in [0.5, 0.6) is 0 Å². The summed E-state index contributed by atoms with van der Waals surface area (Å²) in [5.74, 6) is 0.690. The molecule has 1 aromatic rings. The average Bonchev–Trinajstić information content (AvgIpc) is 2.81. The first-order chi connectivity index (χ1) is 8.84. The Labute approximate surface area is 117 Å². The van der Waals surface area contributed by atoms with Gasteiger partial charge >= 0.3 is 0 Å². The van der Waals surface area contributed by atoms with Crippen molar-refractivity contribution in [2.45, 2.75) is 19.4 Å². The van der Waals surface area contributed by atoms with E-state index in [1.54, 1.807) is 11.3 Å². The number of hydrogen-bond donors (Lipinski definition) is 1. The first-order valence-corrected chi connectivity index (χ1v) is 7.64. The number of thiophene rings is 1. The number of hydrogen-bond acceptors (Lipinski definition) is 4. The van der Waals surface area contributed by atoms with Crippen LogP contribution in [-0.4, -0.2) is 33.0 Å². The van der Waals surface area contributed by atoms with Gasteiger partial charge in [0.2, 0.25) is 0 Å². The fourth-order valence-corrected chi connectivity index (χ4v) is 3.02. The van der Waals surface area contributed by atoms with Crippen LogP contribution in [0, 0.1) is 5.92 Å². The minimum atomic E-state index is 0.690. The van der Waals surface area contributed by atoms with Crippen molar-refractivity contribution in [3.05, 3.63) is 21.3 Å². The molecule has 102 valence electrons. The van der Waals surface area contributed by atoms with Crippen molar-refractivity contribution in [1.82, 2.24) is 5.32 Å². The molecule has 3 nitrogen and oxygen atoms in total. The van der Waals surface area contributed by atoms with E-state index < -0.39 is 0 Å². The zero-order valence-electron chi connectivity index (χ0n) is 10.5. The normalized spacial score (nSPS) is 17.2. The van der Waals surface area contributed by atoms with Gasteiger partial charge in [0.1, 0.15) is 0 Å². The van der Waals surface area contributed by atoms with Crippen LogP contribution >= 0.6 is 22.9 Å². The molecule has 0 unspecified atom stereocenters. The molecule has 1 aromatic heterocycles. The van der Waals surface area contributed by atoms with E-state index in [0.717, 1.165) is 56.7 Å². The van der Waals surface area contributed by atoms with Gasteiger partial charge in [-0.25, -0.2) is 0 Å². The summed E-state index contributed by atoms with van der Waals surface area (Å²) < 4.78 is 11.8. The molecule has 1 N–H and O–H groups in total. The van der Waals surface area contributed by atoms with Gasteiger partial charge < -0.3 is 14.8 Å². The highest BCUT2D eigenvalue weighted by atomic mass is 35.5. The molecular weight excluding hydrogens is 270 g/mol. The summed E-state index contributed by atoms with van der Waals surface area (Å²) in [7, 11) is 0. The molecule has 5 heteroatoms. The van der Waals surface area contributed by atoms with Crippen LogP contribution in [0.4, 0.5) is 0 Å². The molecular formula is C13H20ClNO2S. The third kappa shape index (κ3) is 5.24. The maximum Gasteiger partial charge on any atom is 0.0931 e. The fraction of sp³-hybridized carbons (Fsp3) is 0.692. The van der Waals surface area contributed by atoms with Gasteiger partial charge in [-0.05, 0) is 30.9 Å². The van der Waals surface area contributed by atoms with E-state index in [9.17, 15) is 0 Å². The molecule has 0 aliphatic carbocycles. The zero-order valence-corrected chi connectivity index (χ0v) is 12.1. The lowest BCUT2D eigenvalue weighted by molar-refractivity contribution is 0.0214. The molecule has 0 amide bonds. The van der Waals surface area contributed by atoms with Crippen molar-refractivity contribution in [3.63, 3.8) is 0 Å². The summed E-state index contributed by atoms with van der Waals surface area (Å²) in [6, 6.07) is 3.99. The molecule has 0 saturated carbocycles. The van der Waals surface area contributed by atoms with Crippen LogP contribution in [0.2, 0.25) is 4.34 Å². The van der Waals surface area contributed by atoms with E-state index in [2.05, 4.69) is 11.4 Å². The SMILES string of the molecule is Clc1ccc(CNCCOCC2CCOCC2)s1. The van der Waals surface area contributed by atoms with E-state index in [-0.39, 0.29) is 0 Å². The van der Waals surface area contributed by atoms with Crippen LogP contribution in [0.3, 0.4) is 0 Å². The molecule has 0 bridgehead atoms. The molecule has 1 aliphatic heterocycles. The van der Waals surface area contributed by atoms with Crippen molar-refractivity contribution < 1.29 is 9.47 Å². The summed E-state index contributed by atoms with van der Waals surface area (Å²) in [6.07, 6.45) is 2.28. The number of halogens is 1. The second-order valence-electron chi connectivity index (χ2n) is 4.51. The van der Waals surface area contributed by atoms with Crippen molar-refractivity contribution in [2.75, 3.05) is 33.0 Å². The van der Waals surface area contributed by atoms with Crippen molar-refractivity contribution in [2.24, 2.45) is 5.92 Å². The van der Waals surface area contributed by atoms with E-state index in [0.29, 0.717) is 5.92 Å². The van der Waals surface area contributed by atoms with Crippen molar-refractivity contribution in [1.29, 1.82) is 0 Å². The lowest BCUT2D eigenvalue weighted by Crippen LogP contribution is -2.23. The lowest BCUT2D eigenvalue weighted by atomic mass is 10.0. The molecule has 0 radical (unpaired) electrons. The minimum Gasteiger partial charge on any atom is -0.381 e. The summed E-state index contributed by atoms with van der Waals surface area (Å²) in [5, 5.41) is 3.35. The van der Waals surface area contributed by atoms with E-state index >= 15 is 0 Å². The predicted molar refractivity (Wildman–Crippen MR) is 75.4 cm³/mol. The third-order valence-corrected chi connectivity index (χ3v) is 4.28. The van der Waals surface area contributed by atoms with Gasteiger partial charge in [0.15, 0.2) is 0 Å². The molecule has 0 aromatic carbocycles. The van der Waals surface area contributed by atoms with Crippen LogP contribution in [0.15, 0.2) is 12.1 Å². The Morgan fingerprint density at radius 2 is 2.22 bits per heavy atom. The Morgan fingerprint density at radius 3 is 2.94 bits per heavy atom. The Morgan fingerprint density at radius 1 is 1.39 bits per heavy atom. The Hall–Kier alpha value is -0.130. The quantitative estimate of drug-likeness (QED) is 0.783. The fourth-order valence-electron chi connectivity index (χ4n) is 1.97. The molecule has 1 saturated heterocycles. The summed E-state index contributed by atoms with van der Waals surface area (Å²) >= 11 is 7.49. The molecule has 1 aliphatic rings. The second-order valence-corrected chi connectivity index (χ2v) is 6.31. The Kier molecular flexibility index (Phi) is 6.45. The summed E-state index contributed by atoms with van der Waals surface area (Å²) in [6.45, 7) is 5.19. The number of nitrogens with one attached hydrogen (secondary N) is 1. The van der Waals surface area contributed by atoms with Gasteiger partial charge in [0.25, 0.3) is 0 Å². The molecule has 0 spiro atoms. The molecule has 0 atom stereocenters. The first-order valence-electron chi connectivity index (χ1n) is 6.45. The van der Waals surface area contributed by atoms with Crippen LogP contribution < -0.4 is 5.32 Å². The van der Waals surface area contributed by atoms with Gasteiger partial charge in [-0.1, -0.05) is 11.6 Å². The third-order valence-electron chi connectivity index (χ3n) is 3.05. The van der Waals surface area contributed by atoms with Crippen molar-refractivity contribution in [3.8, 4) is 0 Å². The average molecular weight is 290 g/mol. The predicted octanol–water partition coefficient (Wildman–Crippen LogP) is 2.93. The van der Waals surface area contributed by atoms with Gasteiger partial charge in [-0.15, -0.1) is 11.3 Å². The van der Waals surface area contributed by atoms with Crippen molar-refractivity contribution >= 4 is 22.9 Å². The van der Waals surface area contributed by atoms with Gasteiger partial charge in [-0.3, -0.25) is 0 Å². The monoisotopic (exact) mass is 289 g/mol. The maximum absolute atomic E-state index is 5.86. The lowest BCUT2D eigenvalue weighted by Gasteiger charge is -2.21. The highest BCUT2D eigenvalue weighted by Crippen LogP contribution is 2.20. The highest BCUT2D eigenvalue weighted by molar-refractivity contribution is 7.16. The Balaban J connectivity index is 1.46. The van der Waals surface area contributed by atoms with Crippen LogP contribution in [0.1, 0.15) is 17.7 Å². The van der Waals surface area contributed by atoms with Crippen LogP contribution in [-0.2, 0) is 16.0 Å². The zero-order chi connectivity index (χ0) is 12.6. The standard InChI is InChI=1S/C13H20ClNO2S/c14-13-2-1-12(18-13)9-15-5-8-17-10-11-3-6-16-7-4-11/h1-2,11,15H,3-10H2. The minimum absolute atomic E-state index is 0.690. The van der Waals surface area contributed by atoms with Gasteiger partial charge in [-0.2, -0.15) is 0 Å². The van der Waals surface area contributed by atoms with E-state index in [4.69, 9.17) is 21.1 Å². The van der Waals surface area contributed by atoms with Crippen LogP contribution in [0.25, 0.3) is 0 Å². The largest absolute Gasteiger partial charge is 0.381 e. The Bertz CT molecular complexity index is 339. The summed E-state index contributed by atoms with van der Waals surface area (Å²) in [4.78, 5) is 1.27. The smallest absolute Gasteiger partial charge is 0.0931 e. The molecule has 2 rings (SSSR count). The summed E-state index contributed by atoms with van der Waals surface area (Å²) in [5.41, 5.74) is 0. The molecule has 2 heterocycles. The second kappa shape index (κ2) is 8.12. The topological polar surface area (TPSA) is 30.5 Å². The highest BCUT2D eigenvalue weighted by Gasteiger charge is 2.13. The van der Waals surface area contributed by atoms with E-state index in [1.807, 2.05) is 6.07 Å². The van der Waals surface area contributed by atoms with Gasteiger partial charge in [0.05, 0.1) is 10.9 Å². The number of rotatable bonds is 7. The first kappa shape index (κ1) is 14.3. The molecule has 18 heavy (non-hydrogen) atoms. The molecule has 1 fully saturated rings.